The van der Waals surface area contributed by atoms with Crippen molar-refractivity contribution >= 4 is 22.6 Å². The summed E-state index contributed by atoms with van der Waals surface area (Å²) in [5.74, 6) is -1.40. The second-order valence-corrected chi connectivity index (χ2v) is 6.43. The van der Waals surface area contributed by atoms with Gasteiger partial charge in [0, 0.05) is 19.5 Å². The van der Waals surface area contributed by atoms with E-state index in [9.17, 15) is 24.8 Å². The SMILES string of the molecule is CCN(CCO[N+](=O)[O-])C(=O)CC[C@H](C(=O)O)c1ccc2cc(OC)ccc2c1. The molecule has 9 heteroatoms. The third-order valence-corrected chi connectivity index (χ3v) is 4.71. The van der Waals surface area contributed by atoms with E-state index in [-0.39, 0.29) is 31.9 Å². The molecule has 0 unspecified atom stereocenters. The number of carboxylic acid groups (broad SMARTS) is 1. The highest BCUT2D eigenvalue weighted by Crippen LogP contribution is 2.28. The first-order valence-corrected chi connectivity index (χ1v) is 9.21. The maximum absolute atomic E-state index is 12.4. The lowest BCUT2D eigenvalue weighted by atomic mass is 9.92. The van der Waals surface area contributed by atoms with Crippen LogP contribution in [-0.4, -0.2) is 53.8 Å². The van der Waals surface area contributed by atoms with Gasteiger partial charge in [0.05, 0.1) is 13.0 Å². The molecule has 0 saturated heterocycles. The van der Waals surface area contributed by atoms with E-state index in [2.05, 4.69) is 4.84 Å². The topological polar surface area (TPSA) is 119 Å². The van der Waals surface area contributed by atoms with Crippen LogP contribution in [0, 0.1) is 10.1 Å². The standard InChI is InChI=1S/C20H24N2O7/c1-3-21(10-11-29-22(26)27)19(23)9-8-18(20(24)25)16-5-4-15-13-17(28-2)7-6-14(15)12-16/h4-7,12-13,18H,3,8-11H2,1-2H3,(H,24,25)/t18-/m0/s1. The lowest BCUT2D eigenvalue weighted by Gasteiger charge is -2.21. The van der Waals surface area contributed by atoms with Crippen molar-refractivity contribution in [1.82, 2.24) is 4.90 Å². The molecule has 0 saturated carbocycles. The smallest absolute Gasteiger partial charge is 0.310 e. The van der Waals surface area contributed by atoms with E-state index >= 15 is 0 Å². The van der Waals surface area contributed by atoms with E-state index in [0.717, 1.165) is 10.8 Å². The molecule has 29 heavy (non-hydrogen) atoms. The largest absolute Gasteiger partial charge is 0.497 e. The van der Waals surface area contributed by atoms with Gasteiger partial charge in [-0.2, -0.15) is 0 Å². The Balaban J connectivity index is 2.07. The van der Waals surface area contributed by atoms with Gasteiger partial charge in [-0.15, -0.1) is 10.1 Å². The Hall–Kier alpha value is -3.36. The van der Waals surface area contributed by atoms with E-state index in [4.69, 9.17) is 4.74 Å². The number of amides is 1. The molecule has 2 aromatic carbocycles. The van der Waals surface area contributed by atoms with Gasteiger partial charge in [0.1, 0.15) is 12.4 Å². The molecule has 9 nitrogen and oxygen atoms in total. The summed E-state index contributed by atoms with van der Waals surface area (Å²) in [5.41, 5.74) is 0.614. The summed E-state index contributed by atoms with van der Waals surface area (Å²) >= 11 is 0. The second-order valence-electron chi connectivity index (χ2n) is 6.43. The Morgan fingerprint density at radius 1 is 1.21 bits per heavy atom. The molecule has 0 spiro atoms. The summed E-state index contributed by atoms with van der Waals surface area (Å²) in [4.78, 5) is 40.1. The molecule has 0 bridgehead atoms. The monoisotopic (exact) mass is 404 g/mol. The lowest BCUT2D eigenvalue weighted by Crippen LogP contribution is -2.34. The molecule has 0 aliphatic heterocycles. The minimum Gasteiger partial charge on any atom is -0.497 e. The van der Waals surface area contributed by atoms with Crippen LogP contribution in [0.3, 0.4) is 0 Å². The van der Waals surface area contributed by atoms with Crippen LogP contribution in [0.1, 0.15) is 31.2 Å². The fourth-order valence-corrected chi connectivity index (χ4v) is 3.13. The molecule has 0 fully saturated rings. The number of carbonyl (C=O) groups is 2. The van der Waals surface area contributed by atoms with E-state index in [0.29, 0.717) is 17.9 Å². The zero-order valence-corrected chi connectivity index (χ0v) is 16.4. The van der Waals surface area contributed by atoms with Gasteiger partial charge in [-0.1, -0.05) is 24.3 Å². The van der Waals surface area contributed by atoms with Gasteiger partial charge in [-0.3, -0.25) is 9.59 Å². The number of ether oxygens (including phenoxy) is 1. The van der Waals surface area contributed by atoms with Crippen molar-refractivity contribution in [2.75, 3.05) is 26.8 Å². The van der Waals surface area contributed by atoms with Gasteiger partial charge in [0.2, 0.25) is 5.91 Å². The number of aliphatic carboxylic acids is 1. The molecule has 0 heterocycles. The van der Waals surface area contributed by atoms with Crippen molar-refractivity contribution < 1.29 is 29.4 Å². The zero-order valence-electron chi connectivity index (χ0n) is 16.4. The summed E-state index contributed by atoms with van der Waals surface area (Å²) in [7, 11) is 1.58. The van der Waals surface area contributed by atoms with Crippen LogP contribution in [0.15, 0.2) is 36.4 Å². The fraction of sp³-hybridized carbons (Fsp3) is 0.400. The summed E-state index contributed by atoms with van der Waals surface area (Å²) in [6.07, 6.45) is 0.145. The van der Waals surface area contributed by atoms with Crippen LogP contribution < -0.4 is 4.74 Å². The van der Waals surface area contributed by atoms with Gasteiger partial charge in [0.25, 0.3) is 5.09 Å². The second kappa shape index (κ2) is 10.3. The van der Waals surface area contributed by atoms with E-state index in [1.165, 1.54) is 4.90 Å². The Morgan fingerprint density at radius 2 is 1.90 bits per heavy atom. The number of fused-ring (bicyclic) bond motifs is 1. The molecule has 2 aromatic rings. The molecule has 2 rings (SSSR count). The van der Waals surface area contributed by atoms with E-state index < -0.39 is 17.0 Å². The van der Waals surface area contributed by atoms with Crippen molar-refractivity contribution in [3.05, 3.63) is 52.1 Å². The predicted molar refractivity (Wildman–Crippen MR) is 105 cm³/mol. The summed E-state index contributed by atoms with van der Waals surface area (Å²) in [6, 6.07) is 10.9. The number of rotatable bonds is 11. The lowest BCUT2D eigenvalue weighted by molar-refractivity contribution is -0.757. The number of likely N-dealkylation sites (N-methyl/N-ethyl adjacent to an activating group) is 1. The number of benzene rings is 2. The molecule has 0 aliphatic carbocycles. The van der Waals surface area contributed by atoms with Gasteiger partial charge >= 0.3 is 5.97 Å². The van der Waals surface area contributed by atoms with E-state index in [1.54, 1.807) is 32.2 Å². The number of carbonyl (C=O) groups excluding carboxylic acids is 1. The fourth-order valence-electron chi connectivity index (χ4n) is 3.13. The predicted octanol–water partition coefficient (Wildman–Crippen LogP) is 2.85. The molecular weight excluding hydrogens is 380 g/mol. The normalized spacial score (nSPS) is 11.7. The van der Waals surface area contributed by atoms with Crippen molar-refractivity contribution in [2.24, 2.45) is 0 Å². The van der Waals surface area contributed by atoms with Crippen LogP contribution >= 0.6 is 0 Å². The van der Waals surface area contributed by atoms with Crippen molar-refractivity contribution in [1.29, 1.82) is 0 Å². The van der Waals surface area contributed by atoms with Crippen molar-refractivity contribution in [3.8, 4) is 5.75 Å². The van der Waals surface area contributed by atoms with Gasteiger partial charge < -0.3 is 19.6 Å². The first-order chi connectivity index (χ1) is 13.8. The highest BCUT2D eigenvalue weighted by molar-refractivity contribution is 5.87. The van der Waals surface area contributed by atoms with Gasteiger partial charge in [-0.05, 0) is 41.8 Å². The Morgan fingerprint density at radius 3 is 2.52 bits per heavy atom. The molecule has 0 radical (unpaired) electrons. The Bertz CT molecular complexity index is 884. The van der Waals surface area contributed by atoms with E-state index in [1.807, 2.05) is 18.2 Å². The minimum atomic E-state index is -1.01. The maximum Gasteiger partial charge on any atom is 0.310 e. The quantitative estimate of drug-likeness (QED) is 0.452. The Labute approximate surface area is 167 Å². The maximum atomic E-state index is 12.4. The molecule has 0 aliphatic rings. The number of hydrogen-bond donors (Lipinski definition) is 1. The van der Waals surface area contributed by atoms with Gasteiger partial charge in [0.15, 0.2) is 0 Å². The first-order valence-electron chi connectivity index (χ1n) is 9.21. The van der Waals surface area contributed by atoms with Crippen LogP contribution in [0.5, 0.6) is 5.75 Å². The Kier molecular flexibility index (Phi) is 7.76. The van der Waals surface area contributed by atoms with Crippen LogP contribution in [0.2, 0.25) is 0 Å². The molecular formula is C20H24N2O7. The van der Waals surface area contributed by atoms with Crippen LogP contribution in [-0.2, 0) is 14.4 Å². The van der Waals surface area contributed by atoms with Crippen molar-refractivity contribution in [2.45, 2.75) is 25.7 Å². The van der Waals surface area contributed by atoms with Crippen molar-refractivity contribution in [3.63, 3.8) is 0 Å². The minimum absolute atomic E-state index is 0.0178. The average molecular weight is 404 g/mol. The number of hydrogen-bond acceptors (Lipinski definition) is 6. The number of carboxylic acids is 1. The van der Waals surface area contributed by atoms with Crippen LogP contribution in [0.25, 0.3) is 10.8 Å². The highest BCUT2D eigenvalue weighted by Gasteiger charge is 2.23. The molecule has 1 amide bonds. The van der Waals surface area contributed by atoms with Crippen LogP contribution in [0.4, 0.5) is 0 Å². The third kappa shape index (κ3) is 6.06. The molecule has 1 N–H and O–H groups in total. The summed E-state index contributed by atoms with van der Waals surface area (Å²) in [6.45, 7) is 1.96. The highest BCUT2D eigenvalue weighted by atomic mass is 16.9. The number of nitrogens with zero attached hydrogens (tertiary/aromatic N) is 2. The average Bonchev–Trinajstić information content (AvgIpc) is 2.70. The summed E-state index contributed by atoms with van der Waals surface area (Å²) < 4.78 is 5.19. The number of methoxy groups -OCH3 is 1. The molecule has 1 atom stereocenters. The molecule has 156 valence electrons. The summed E-state index contributed by atoms with van der Waals surface area (Å²) in [5, 5.41) is 20.8. The first kappa shape index (κ1) is 21.9. The molecule has 0 aromatic heterocycles. The van der Waals surface area contributed by atoms with Gasteiger partial charge in [-0.25, -0.2) is 0 Å². The third-order valence-electron chi connectivity index (χ3n) is 4.71. The zero-order chi connectivity index (χ0) is 21.4.